The van der Waals surface area contributed by atoms with Gasteiger partial charge in [0.05, 0.1) is 11.9 Å². The van der Waals surface area contributed by atoms with Crippen LogP contribution in [0.4, 0.5) is 4.39 Å². The minimum Gasteiger partial charge on any atom is -0.290 e. The Bertz CT molecular complexity index is 965. The summed E-state index contributed by atoms with van der Waals surface area (Å²) in [7, 11) is 0. The summed E-state index contributed by atoms with van der Waals surface area (Å²) in [5, 5.41) is 6.53. The summed E-state index contributed by atoms with van der Waals surface area (Å²) in [6.45, 7) is 2.45. The Morgan fingerprint density at radius 3 is 2.52 bits per heavy atom. The van der Waals surface area contributed by atoms with Crippen molar-refractivity contribution in [1.82, 2.24) is 19.7 Å². The maximum atomic E-state index is 13.1. The van der Waals surface area contributed by atoms with Crippen LogP contribution in [-0.4, -0.2) is 19.7 Å². The van der Waals surface area contributed by atoms with E-state index in [1.165, 1.54) is 22.6 Å². The van der Waals surface area contributed by atoms with Crippen molar-refractivity contribution in [2.75, 3.05) is 0 Å². The molecule has 0 atom stereocenters. The van der Waals surface area contributed by atoms with Crippen molar-refractivity contribution in [3.63, 3.8) is 0 Å². The third-order valence-electron chi connectivity index (χ3n) is 4.22. The van der Waals surface area contributed by atoms with Gasteiger partial charge in [0.25, 0.3) is 0 Å². The Morgan fingerprint density at radius 2 is 1.78 bits per heavy atom. The van der Waals surface area contributed by atoms with Crippen LogP contribution >= 0.6 is 11.3 Å². The fraction of sp³-hybridized carbons (Fsp3) is 0.143. The van der Waals surface area contributed by atoms with Crippen LogP contribution in [0.25, 0.3) is 5.69 Å². The molecule has 6 heteroatoms. The monoisotopic (exact) mass is 378 g/mol. The average Bonchev–Trinajstić information content (AvgIpc) is 3.35. The van der Waals surface area contributed by atoms with Crippen molar-refractivity contribution in [1.29, 1.82) is 0 Å². The number of hydrogen-bond donors (Lipinski definition) is 0. The van der Waals surface area contributed by atoms with E-state index in [2.05, 4.69) is 38.6 Å². The quantitative estimate of drug-likeness (QED) is 0.469. The van der Waals surface area contributed by atoms with Crippen LogP contribution in [0.2, 0.25) is 0 Å². The molecule has 0 unspecified atom stereocenters. The molecule has 4 rings (SSSR count). The number of rotatable bonds is 7. The molecule has 3 heterocycles. The smallest absolute Gasteiger partial charge is 0.123 e. The second-order valence-corrected chi connectivity index (χ2v) is 7.39. The maximum Gasteiger partial charge on any atom is 0.123 e. The van der Waals surface area contributed by atoms with E-state index >= 15 is 0 Å². The van der Waals surface area contributed by atoms with Crippen molar-refractivity contribution in [2.45, 2.75) is 19.6 Å². The largest absolute Gasteiger partial charge is 0.290 e. The first kappa shape index (κ1) is 17.6. The van der Waals surface area contributed by atoms with Crippen molar-refractivity contribution >= 4 is 11.3 Å². The van der Waals surface area contributed by atoms with Gasteiger partial charge in [0.15, 0.2) is 0 Å². The van der Waals surface area contributed by atoms with E-state index in [1.807, 2.05) is 24.7 Å². The van der Waals surface area contributed by atoms with Crippen LogP contribution in [0, 0.1) is 5.82 Å². The third-order valence-corrected chi connectivity index (χ3v) is 5.08. The number of nitrogens with zero attached hydrogens (tertiary/aromatic N) is 4. The Hall–Kier alpha value is -2.83. The van der Waals surface area contributed by atoms with Crippen LogP contribution in [0.1, 0.15) is 16.0 Å². The number of hydrogen-bond acceptors (Lipinski definition) is 4. The highest BCUT2D eigenvalue weighted by Gasteiger charge is 2.11. The summed E-state index contributed by atoms with van der Waals surface area (Å²) in [5.41, 5.74) is 3.14. The van der Waals surface area contributed by atoms with E-state index < -0.39 is 0 Å². The molecule has 3 aromatic heterocycles. The molecular formula is C21H19FN4S. The van der Waals surface area contributed by atoms with Crippen LogP contribution in [0.3, 0.4) is 0 Å². The Balaban J connectivity index is 1.51. The fourth-order valence-corrected chi connectivity index (χ4v) is 3.72. The van der Waals surface area contributed by atoms with Gasteiger partial charge in [-0.2, -0.15) is 5.10 Å². The zero-order valence-corrected chi connectivity index (χ0v) is 15.5. The lowest BCUT2D eigenvalue weighted by molar-refractivity contribution is 0.249. The first-order chi connectivity index (χ1) is 13.3. The molecule has 0 amide bonds. The minimum atomic E-state index is -0.246. The molecule has 4 aromatic rings. The van der Waals surface area contributed by atoms with Crippen LogP contribution < -0.4 is 0 Å². The molecule has 1 aromatic carbocycles. The van der Waals surface area contributed by atoms with Crippen molar-refractivity contribution in [2.24, 2.45) is 0 Å². The summed E-state index contributed by atoms with van der Waals surface area (Å²) in [4.78, 5) is 7.92. The van der Waals surface area contributed by atoms with Crippen LogP contribution in [0.15, 0.2) is 78.7 Å². The molecule has 0 saturated heterocycles. The summed E-state index contributed by atoms with van der Waals surface area (Å²) in [5.74, 6) is -0.246. The lowest BCUT2D eigenvalue weighted by atomic mass is 10.2. The molecule has 0 aliphatic carbocycles. The van der Waals surface area contributed by atoms with Gasteiger partial charge < -0.3 is 0 Å². The molecule has 136 valence electrons. The van der Waals surface area contributed by atoms with Gasteiger partial charge in [-0.1, -0.05) is 12.1 Å². The number of benzene rings is 1. The summed E-state index contributed by atoms with van der Waals surface area (Å²) in [6.07, 6.45) is 7.56. The Morgan fingerprint density at radius 1 is 0.926 bits per heavy atom. The van der Waals surface area contributed by atoms with E-state index in [0.717, 1.165) is 30.9 Å². The zero-order valence-electron chi connectivity index (χ0n) is 14.7. The van der Waals surface area contributed by atoms with E-state index in [1.54, 1.807) is 34.3 Å². The van der Waals surface area contributed by atoms with Gasteiger partial charge in [0.1, 0.15) is 5.82 Å². The fourth-order valence-electron chi connectivity index (χ4n) is 2.98. The normalized spacial score (nSPS) is 11.2. The SMILES string of the molecule is Fc1ccc(-n2cc(CN(Cc3cccnc3)Cc3cccs3)cn2)cc1. The summed E-state index contributed by atoms with van der Waals surface area (Å²) >= 11 is 1.76. The number of pyridine rings is 1. The highest BCUT2D eigenvalue weighted by molar-refractivity contribution is 7.09. The van der Waals surface area contributed by atoms with Gasteiger partial charge in [0, 0.05) is 48.7 Å². The van der Waals surface area contributed by atoms with Gasteiger partial charge >= 0.3 is 0 Å². The molecule has 0 aliphatic rings. The van der Waals surface area contributed by atoms with Crippen LogP contribution in [0.5, 0.6) is 0 Å². The summed E-state index contributed by atoms with van der Waals surface area (Å²) in [6, 6.07) is 14.6. The predicted molar refractivity (Wildman–Crippen MR) is 105 cm³/mol. The molecule has 4 nitrogen and oxygen atoms in total. The lowest BCUT2D eigenvalue weighted by Gasteiger charge is -2.21. The zero-order chi connectivity index (χ0) is 18.5. The van der Waals surface area contributed by atoms with Crippen molar-refractivity contribution in [3.05, 3.63) is 101 Å². The molecule has 0 aliphatic heterocycles. The van der Waals surface area contributed by atoms with Gasteiger partial charge in [-0.15, -0.1) is 11.3 Å². The number of thiophene rings is 1. The first-order valence-electron chi connectivity index (χ1n) is 8.69. The van der Waals surface area contributed by atoms with Crippen molar-refractivity contribution in [3.8, 4) is 5.69 Å². The molecule has 0 radical (unpaired) electrons. The average molecular weight is 378 g/mol. The molecule has 0 fully saturated rings. The van der Waals surface area contributed by atoms with Gasteiger partial charge in [-0.3, -0.25) is 9.88 Å². The Labute approximate surface area is 161 Å². The topological polar surface area (TPSA) is 34.0 Å². The van der Waals surface area contributed by atoms with Gasteiger partial charge in [0.2, 0.25) is 0 Å². The number of halogens is 1. The first-order valence-corrected chi connectivity index (χ1v) is 9.57. The second-order valence-electron chi connectivity index (χ2n) is 6.36. The Kier molecular flexibility index (Phi) is 5.37. The lowest BCUT2D eigenvalue weighted by Crippen LogP contribution is -2.21. The standard InChI is InChI=1S/C21H19FN4S/c22-19-5-7-20(8-6-19)26-15-18(12-24-26)14-25(16-21-4-2-10-27-21)13-17-3-1-9-23-11-17/h1-12,15H,13-14,16H2. The van der Waals surface area contributed by atoms with Crippen molar-refractivity contribution < 1.29 is 4.39 Å². The molecular weight excluding hydrogens is 359 g/mol. The molecule has 0 bridgehead atoms. The van der Waals surface area contributed by atoms with E-state index in [0.29, 0.717) is 0 Å². The molecule has 0 spiro atoms. The molecule has 0 N–H and O–H groups in total. The number of aromatic nitrogens is 3. The predicted octanol–water partition coefficient (Wildman–Crippen LogP) is 4.67. The summed E-state index contributed by atoms with van der Waals surface area (Å²) < 4.78 is 14.9. The van der Waals surface area contributed by atoms with Gasteiger partial charge in [-0.25, -0.2) is 9.07 Å². The highest BCUT2D eigenvalue weighted by atomic mass is 32.1. The van der Waals surface area contributed by atoms with Gasteiger partial charge in [-0.05, 0) is 47.3 Å². The molecule has 0 saturated carbocycles. The molecule has 27 heavy (non-hydrogen) atoms. The minimum absolute atomic E-state index is 0.246. The highest BCUT2D eigenvalue weighted by Crippen LogP contribution is 2.18. The van der Waals surface area contributed by atoms with Crippen LogP contribution in [-0.2, 0) is 19.6 Å². The third kappa shape index (κ3) is 4.67. The second kappa shape index (κ2) is 8.24. The maximum absolute atomic E-state index is 13.1. The van der Waals surface area contributed by atoms with E-state index in [4.69, 9.17) is 0 Å². The van der Waals surface area contributed by atoms with E-state index in [-0.39, 0.29) is 5.82 Å². The van der Waals surface area contributed by atoms with E-state index in [9.17, 15) is 4.39 Å².